The van der Waals surface area contributed by atoms with E-state index in [1.165, 1.54) is 0 Å². The summed E-state index contributed by atoms with van der Waals surface area (Å²) in [6.07, 6.45) is 0.835. The van der Waals surface area contributed by atoms with E-state index in [1.807, 2.05) is 27.7 Å². The van der Waals surface area contributed by atoms with Crippen molar-refractivity contribution in [2.75, 3.05) is 0 Å². The third-order valence-electron chi connectivity index (χ3n) is 3.21. The standard InChI is InChI=1S/C9H22NO3P/c1-6-8(4)9(5,7(2)3)10-14(11,12)13/h7-8H,6H2,1-5H3,(H3,10,11,12,13)/p-2. The summed E-state index contributed by atoms with van der Waals surface area (Å²) in [6, 6.07) is 0. The second kappa shape index (κ2) is 4.75. The maximum atomic E-state index is 10.7. The quantitative estimate of drug-likeness (QED) is 0.699. The summed E-state index contributed by atoms with van der Waals surface area (Å²) in [4.78, 5) is 21.5. The molecule has 0 saturated heterocycles. The van der Waals surface area contributed by atoms with Gasteiger partial charge < -0.3 is 14.4 Å². The Balaban J connectivity index is 4.82. The van der Waals surface area contributed by atoms with Gasteiger partial charge in [0.2, 0.25) is 0 Å². The first-order valence-corrected chi connectivity index (χ1v) is 6.49. The second-order valence-electron chi connectivity index (χ2n) is 4.36. The predicted octanol–water partition coefficient (Wildman–Crippen LogP) is 0.865. The van der Waals surface area contributed by atoms with Gasteiger partial charge in [0, 0.05) is 5.54 Å². The van der Waals surface area contributed by atoms with Gasteiger partial charge in [0.1, 0.15) is 0 Å². The van der Waals surface area contributed by atoms with E-state index in [0.717, 1.165) is 6.42 Å². The molecule has 0 spiro atoms. The highest BCUT2D eigenvalue weighted by Gasteiger charge is 2.33. The van der Waals surface area contributed by atoms with Gasteiger partial charge in [0.25, 0.3) is 0 Å². The zero-order valence-corrected chi connectivity index (χ0v) is 10.4. The lowest BCUT2D eigenvalue weighted by atomic mass is 9.77. The van der Waals surface area contributed by atoms with Gasteiger partial charge in [-0.05, 0) is 26.5 Å². The fourth-order valence-electron chi connectivity index (χ4n) is 1.53. The van der Waals surface area contributed by atoms with E-state index < -0.39 is 13.3 Å². The zero-order valence-electron chi connectivity index (χ0n) is 9.53. The Morgan fingerprint density at radius 3 is 2.00 bits per heavy atom. The first-order chi connectivity index (χ1) is 6.13. The highest BCUT2D eigenvalue weighted by Crippen LogP contribution is 2.34. The molecule has 0 bridgehead atoms. The first-order valence-electron chi connectivity index (χ1n) is 4.95. The Morgan fingerprint density at radius 1 is 1.36 bits per heavy atom. The van der Waals surface area contributed by atoms with Crippen molar-refractivity contribution < 1.29 is 14.4 Å². The van der Waals surface area contributed by atoms with E-state index in [0.29, 0.717) is 0 Å². The number of hydrogen-bond donors (Lipinski definition) is 1. The molecule has 1 N–H and O–H groups in total. The van der Waals surface area contributed by atoms with Crippen LogP contribution in [0.5, 0.6) is 0 Å². The lowest BCUT2D eigenvalue weighted by molar-refractivity contribution is -0.320. The van der Waals surface area contributed by atoms with Crippen LogP contribution in [0.15, 0.2) is 0 Å². The topological polar surface area (TPSA) is 75.2 Å². The van der Waals surface area contributed by atoms with Crippen LogP contribution in [0.1, 0.15) is 41.0 Å². The Morgan fingerprint density at radius 2 is 1.79 bits per heavy atom. The van der Waals surface area contributed by atoms with Crippen molar-refractivity contribution in [3.8, 4) is 0 Å². The Bertz CT molecular complexity index is 226. The summed E-state index contributed by atoms with van der Waals surface area (Å²) in [5, 5.41) is 2.23. The molecule has 0 aliphatic carbocycles. The molecule has 0 rings (SSSR count). The molecule has 4 nitrogen and oxygen atoms in total. The van der Waals surface area contributed by atoms with Gasteiger partial charge in [0.05, 0.1) is 0 Å². The molecule has 0 fully saturated rings. The van der Waals surface area contributed by atoms with Crippen molar-refractivity contribution in [1.82, 2.24) is 5.09 Å². The third-order valence-corrected chi connectivity index (χ3v) is 3.97. The lowest BCUT2D eigenvalue weighted by Gasteiger charge is -2.47. The molecule has 0 aliphatic heterocycles. The zero-order chi connectivity index (χ0) is 11.6. The summed E-state index contributed by atoms with van der Waals surface area (Å²) in [7, 11) is -4.66. The molecular formula is C9H20NO3P-2. The van der Waals surface area contributed by atoms with Crippen molar-refractivity contribution in [1.29, 1.82) is 0 Å². The number of rotatable bonds is 5. The van der Waals surface area contributed by atoms with E-state index in [4.69, 9.17) is 0 Å². The molecule has 86 valence electrons. The summed E-state index contributed by atoms with van der Waals surface area (Å²) < 4.78 is 10.7. The Labute approximate surface area is 86.3 Å². The van der Waals surface area contributed by atoms with Gasteiger partial charge in [-0.15, -0.1) is 0 Å². The van der Waals surface area contributed by atoms with Crippen LogP contribution in [0.4, 0.5) is 0 Å². The Hall–Kier alpha value is 0.110. The highest BCUT2D eigenvalue weighted by atomic mass is 31.2. The van der Waals surface area contributed by atoms with Crippen molar-refractivity contribution >= 4 is 7.75 Å². The van der Waals surface area contributed by atoms with Gasteiger partial charge in [-0.2, -0.15) is 0 Å². The normalized spacial score (nSPS) is 19.4. The molecule has 2 unspecified atom stereocenters. The maximum absolute atomic E-state index is 10.7. The minimum atomic E-state index is -4.66. The molecule has 0 heterocycles. The van der Waals surface area contributed by atoms with Crippen LogP contribution in [0.3, 0.4) is 0 Å². The fraction of sp³-hybridized carbons (Fsp3) is 1.00. The van der Waals surface area contributed by atoms with Crippen LogP contribution in [0.25, 0.3) is 0 Å². The van der Waals surface area contributed by atoms with Crippen LogP contribution in [-0.2, 0) is 4.57 Å². The van der Waals surface area contributed by atoms with Gasteiger partial charge >= 0.3 is 0 Å². The molecule has 0 aromatic heterocycles. The number of hydrogen-bond acceptors (Lipinski definition) is 3. The van der Waals surface area contributed by atoms with Crippen molar-refractivity contribution in [2.24, 2.45) is 11.8 Å². The first kappa shape index (κ1) is 14.1. The largest absolute Gasteiger partial charge is 0.799 e. The molecule has 0 aromatic rings. The molecule has 0 aromatic carbocycles. The third kappa shape index (κ3) is 3.70. The van der Waals surface area contributed by atoms with Gasteiger partial charge in [-0.1, -0.05) is 34.1 Å². The summed E-state index contributed by atoms with van der Waals surface area (Å²) >= 11 is 0. The van der Waals surface area contributed by atoms with Crippen molar-refractivity contribution in [2.45, 2.75) is 46.6 Å². The maximum Gasteiger partial charge on any atom is 0.0243 e. The van der Waals surface area contributed by atoms with Gasteiger partial charge in [-0.25, -0.2) is 0 Å². The van der Waals surface area contributed by atoms with Crippen LogP contribution in [-0.4, -0.2) is 5.54 Å². The monoisotopic (exact) mass is 221 g/mol. The van der Waals surface area contributed by atoms with Crippen molar-refractivity contribution in [3.05, 3.63) is 0 Å². The molecule has 0 aliphatic rings. The minimum Gasteiger partial charge on any atom is -0.799 e. The molecule has 0 amide bonds. The fourth-order valence-corrected chi connectivity index (χ4v) is 2.60. The Kier molecular flexibility index (Phi) is 4.79. The van der Waals surface area contributed by atoms with E-state index in [9.17, 15) is 14.4 Å². The van der Waals surface area contributed by atoms with Crippen LogP contribution in [0.2, 0.25) is 0 Å². The van der Waals surface area contributed by atoms with Gasteiger partial charge in [0.15, 0.2) is 0 Å². The summed E-state index contributed by atoms with van der Waals surface area (Å²) in [5.41, 5.74) is -0.645. The average molecular weight is 221 g/mol. The van der Waals surface area contributed by atoms with Crippen molar-refractivity contribution in [3.63, 3.8) is 0 Å². The molecule has 2 atom stereocenters. The number of nitrogens with one attached hydrogen (secondary N) is 1. The highest BCUT2D eigenvalue weighted by molar-refractivity contribution is 7.46. The van der Waals surface area contributed by atoms with E-state index in [2.05, 4.69) is 5.09 Å². The van der Waals surface area contributed by atoms with Crippen LogP contribution in [0, 0.1) is 11.8 Å². The predicted molar refractivity (Wildman–Crippen MR) is 53.4 cm³/mol. The molecule has 0 radical (unpaired) electrons. The summed E-state index contributed by atoms with van der Waals surface area (Å²) in [5.74, 6) is 0.229. The van der Waals surface area contributed by atoms with Crippen LogP contribution >= 0.6 is 7.75 Å². The lowest BCUT2D eigenvalue weighted by Crippen LogP contribution is -2.53. The molecular weight excluding hydrogens is 201 g/mol. The molecule has 0 saturated carbocycles. The van der Waals surface area contributed by atoms with Crippen LogP contribution < -0.4 is 14.9 Å². The van der Waals surface area contributed by atoms with Gasteiger partial charge in [-0.3, -0.25) is 5.09 Å². The average Bonchev–Trinajstić information content (AvgIpc) is 1.99. The van der Waals surface area contributed by atoms with E-state index in [1.54, 1.807) is 6.92 Å². The molecule has 5 heteroatoms. The van der Waals surface area contributed by atoms with E-state index in [-0.39, 0.29) is 11.8 Å². The smallest absolute Gasteiger partial charge is 0.0243 e. The minimum absolute atomic E-state index is 0.0914. The molecule has 14 heavy (non-hydrogen) atoms. The summed E-state index contributed by atoms with van der Waals surface area (Å²) in [6.45, 7) is 9.54. The second-order valence-corrected chi connectivity index (χ2v) is 5.57. The van der Waals surface area contributed by atoms with E-state index >= 15 is 0 Å². The SMILES string of the molecule is CCC(C)C(C)(NP(=O)([O-])[O-])C(C)C.